The van der Waals surface area contributed by atoms with Crippen LogP contribution in [0.3, 0.4) is 0 Å². The van der Waals surface area contributed by atoms with Crippen LogP contribution in [-0.2, 0) is 22.7 Å². The number of benzene rings is 2. The first-order valence-corrected chi connectivity index (χ1v) is 7.10. The third-order valence-corrected chi connectivity index (χ3v) is 2.63. The van der Waals surface area contributed by atoms with E-state index in [1.54, 1.807) is 0 Å². The highest BCUT2D eigenvalue weighted by Gasteiger charge is 1.87. The van der Waals surface area contributed by atoms with Crippen LogP contribution in [0.1, 0.15) is 25.0 Å². The van der Waals surface area contributed by atoms with Gasteiger partial charge in [0.15, 0.2) is 0 Å². The lowest BCUT2D eigenvalue weighted by Gasteiger charge is -1.98. The van der Waals surface area contributed by atoms with Crippen LogP contribution < -0.4 is 0 Å². The zero-order chi connectivity index (χ0) is 14.5. The number of ether oxygens (including phenoxy) is 2. The zero-order valence-electron chi connectivity index (χ0n) is 12.9. The fraction of sp³-hybridized carbons (Fsp3) is 0.333. The zero-order valence-corrected chi connectivity index (χ0v) is 12.9. The van der Waals surface area contributed by atoms with E-state index in [4.69, 9.17) is 9.47 Å². The Bertz CT molecular complexity index is 385. The highest BCUT2D eigenvalue weighted by molar-refractivity contribution is 5.13. The fourth-order valence-corrected chi connectivity index (χ4v) is 1.59. The summed E-state index contributed by atoms with van der Waals surface area (Å²) in [5.74, 6) is 0. The van der Waals surface area contributed by atoms with Crippen molar-refractivity contribution in [2.45, 2.75) is 27.1 Å². The molecular weight excluding hydrogens is 264 g/mol. The van der Waals surface area contributed by atoms with E-state index in [1.807, 2.05) is 50.2 Å². The summed E-state index contributed by atoms with van der Waals surface area (Å²) in [5.41, 5.74) is 2.48. The molecule has 0 amide bonds. The first kappa shape index (κ1) is 19.3. The van der Waals surface area contributed by atoms with Crippen molar-refractivity contribution in [3.63, 3.8) is 0 Å². The maximum Gasteiger partial charge on any atom is 0.0716 e. The van der Waals surface area contributed by atoms with E-state index in [9.17, 15) is 0 Å². The van der Waals surface area contributed by atoms with E-state index in [1.165, 1.54) is 11.1 Å². The summed E-state index contributed by atoms with van der Waals surface area (Å²) >= 11 is 0. The first-order valence-electron chi connectivity index (χ1n) is 7.10. The van der Waals surface area contributed by atoms with Crippen molar-refractivity contribution in [1.82, 2.24) is 0 Å². The molecule has 0 heterocycles. The Hall–Kier alpha value is -1.68. The minimum Gasteiger partial charge on any atom is -0.412 e. The van der Waals surface area contributed by atoms with Crippen molar-refractivity contribution in [3.8, 4) is 0 Å². The Morgan fingerprint density at radius 3 is 1.24 bits per heavy atom. The van der Waals surface area contributed by atoms with Crippen LogP contribution in [-0.4, -0.2) is 18.7 Å². The van der Waals surface area contributed by atoms with Gasteiger partial charge < -0.3 is 14.9 Å². The normalized spacial score (nSPS) is 9.24. The number of hydrogen-bond acceptors (Lipinski definition) is 2. The summed E-state index contributed by atoms with van der Waals surface area (Å²) in [6.45, 7) is 7.05. The van der Waals surface area contributed by atoms with Crippen molar-refractivity contribution in [1.29, 1.82) is 0 Å². The van der Waals surface area contributed by atoms with Crippen molar-refractivity contribution >= 4 is 0 Å². The lowest BCUT2D eigenvalue weighted by Crippen LogP contribution is -1.90. The Morgan fingerprint density at radius 2 is 0.952 bits per heavy atom. The monoisotopic (exact) mass is 290 g/mol. The molecule has 2 aromatic carbocycles. The molecule has 3 heteroatoms. The third-order valence-electron chi connectivity index (χ3n) is 2.63. The van der Waals surface area contributed by atoms with Gasteiger partial charge in [-0.15, -0.1) is 0 Å². The summed E-state index contributed by atoms with van der Waals surface area (Å²) < 4.78 is 10.4. The van der Waals surface area contributed by atoms with Crippen LogP contribution in [0.5, 0.6) is 0 Å². The van der Waals surface area contributed by atoms with Crippen LogP contribution in [0, 0.1) is 0 Å². The summed E-state index contributed by atoms with van der Waals surface area (Å²) in [5, 5.41) is 0. The maximum absolute atomic E-state index is 5.22. The fourth-order valence-electron chi connectivity index (χ4n) is 1.59. The molecule has 0 aromatic heterocycles. The lowest BCUT2D eigenvalue weighted by atomic mass is 10.2. The molecule has 0 saturated carbocycles. The van der Waals surface area contributed by atoms with Gasteiger partial charge in [0.25, 0.3) is 0 Å². The summed E-state index contributed by atoms with van der Waals surface area (Å²) in [4.78, 5) is 0. The van der Waals surface area contributed by atoms with Gasteiger partial charge in [-0.05, 0) is 25.0 Å². The predicted octanol–water partition coefficient (Wildman–Crippen LogP) is 3.62. The van der Waals surface area contributed by atoms with Crippen molar-refractivity contribution in [2.75, 3.05) is 13.2 Å². The van der Waals surface area contributed by atoms with E-state index in [2.05, 4.69) is 24.3 Å². The number of rotatable bonds is 6. The van der Waals surface area contributed by atoms with E-state index in [0.717, 1.165) is 26.4 Å². The van der Waals surface area contributed by atoms with Gasteiger partial charge in [-0.25, -0.2) is 0 Å². The molecule has 0 saturated heterocycles. The molecule has 0 bridgehead atoms. The van der Waals surface area contributed by atoms with E-state index < -0.39 is 0 Å². The van der Waals surface area contributed by atoms with Gasteiger partial charge in [-0.2, -0.15) is 0 Å². The smallest absolute Gasteiger partial charge is 0.0716 e. The molecule has 0 aliphatic rings. The second-order valence-corrected chi connectivity index (χ2v) is 4.25. The van der Waals surface area contributed by atoms with E-state index >= 15 is 0 Å². The van der Waals surface area contributed by atoms with Gasteiger partial charge in [-0.3, -0.25) is 0 Å². The largest absolute Gasteiger partial charge is 0.412 e. The third kappa shape index (κ3) is 9.79. The molecule has 0 radical (unpaired) electrons. The Balaban J connectivity index is 0.000000364. The van der Waals surface area contributed by atoms with Gasteiger partial charge in [0, 0.05) is 13.2 Å². The average Bonchev–Trinajstić information content (AvgIpc) is 2.53. The van der Waals surface area contributed by atoms with Crippen molar-refractivity contribution < 1.29 is 14.9 Å². The van der Waals surface area contributed by atoms with Gasteiger partial charge >= 0.3 is 0 Å². The summed E-state index contributed by atoms with van der Waals surface area (Å²) in [6, 6.07) is 20.4. The maximum atomic E-state index is 5.22. The molecule has 21 heavy (non-hydrogen) atoms. The highest BCUT2D eigenvalue weighted by atomic mass is 16.5. The lowest BCUT2D eigenvalue weighted by molar-refractivity contribution is 0.134. The Morgan fingerprint density at radius 1 is 0.619 bits per heavy atom. The highest BCUT2D eigenvalue weighted by Crippen LogP contribution is 2.00. The van der Waals surface area contributed by atoms with E-state index in [0.29, 0.717) is 0 Å². The quantitative estimate of drug-likeness (QED) is 0.815. The minimum atomic E-state index is 0. The second kappa shape index (κ2) is 13.3. The molecule has 2 N–H and O–H groups in total. The van der Waals surface area contributed by atoms with Crippen molar-refractivity contribution in [3.05, 3.63) is 71.8 Å². The standard InChI is InChI=1S/2C9H12O.H2O/c2*1-2-10-8-9-6-4-3-5-7-9;/h2*3-7H,2,8H2,1H3;1H2. The van der Waals surface area contributed by atoms with Gasteiger partial charge in [0.05, 0.1) is 13.2 Å². The molecule has 0 atom stereocenters. The number of hydrogen-bond donors (Lipinski definition) is 0. The Kier molecular flexibility index (Phi) is 12.2. The molecule has 0 aliphatic carbocycles. The van der Waals surface area contributed by atoms with E-state index in [-0.39, 0.29) is 5.48 Å². The second-order valence-electron chi connectivity index (χ2n) is 4.25. The molecule has 0 unspecified atom stereocenters. The van der Waals surface area contributed by atoms with Crippen LogP contribution >= 0.6 is 0 Å². The minimum absolute atomic E-state index is 0. The molecule has 0 fully saturated rings. The topological polar surface area (TPSA) is 50.0 Å². The molecular formula is C18H26O3. The average molecular weight is 290 g/mol. The summed E-state index contributed by atoms with van der Waals surface area (Å²) in [6.07, 6.45) is 0. The van der Waals surface area contributed by atoms with Crippen LogP contribution in [0.15, 0.2) is 60.7 Å². The molecule has 2 rings (SSSR count). The molecule has 2 aromatic rings. The van der Waals surface area contributed by atoms with Crippen LogP contribution in [0.4, 0.5) is 0 Å². The molecule has 0 spiro atoms. The Labute approximate surface area is 127 Å². The molecule has 0 aliphatic heterocycles. The predicted molar refractivity (Wildman–Crippen MR) is 87.2 cm³/mol. The van der Waals surface area contributed by atoms with Gasteiger partial charge in [-0.1, -0.05) is 60.7 Å². The van der Waals surface area contributed by atoms with Crippen molar-refractivity contribution in [2.24, 2.45) is 0 Å². The molecule has 3 nitrogen and oxygen atoms in total. The van der Waals surface area contributed by atoms with Gasteiger partial charge in [0.1, 0.15) is 0 Å². The molecule has 116 valence electrons. The summed E-state index contributed by atoms with van der Waals surface area (Å²) in [7, 11) is 0. The van der Waals surface area contributed by atoms with Crippen LogP contribution in [0.2, 0.25) is 0 Å². The van der Waals surface area contributed by atoms with Crippen LogP contribution in [0.25, 0.3) is 0 Å². The van der Waals surface area contributed by atoms with Gasteiger partial charge in [0.2, 0.25) is 0 Å². The first-order chi connectivity index (χ1) is 9.86. The SMILES string of the molecule is CCOCc1ccccc1.CCOCc1ccccc1.O.